The lowest BCUT2D eigenvalue weighted by atomic mass is 10.1. The fourth-order valence-corrected chi connectivity index (χ4v) is 2.56. The predicted molar refractivity (Wildman–Crippen MR) is 88.2 cm³/mol. The summed E-state index contributed by atoms with van der Waals surface area (Å²) in [4.78, 5) is 17.0. The molecule has 0 N–H and O–H groups in total. The van der Waals surface area contributed by atoms with E-state index in [0.717, 1.165) is 11.3 Å². The second-order valence-corrected chi connectivity index (χ2v) is 5.60. The van der Waals surface area contributed by atoms with E-state index in [1.165, 1.54) is 0 Å². The monoisotopic (exact) mass is 320 g/mol. The van der Waals surface area contributed by atoms with Crippen LogP contribution in [0.4, 0.5) is 0 Å². The molecule has 0 aliphatic heterocycles. The summed E-state index contributed by atoms with van der Waals surface area (Å²) in [6.07, 6.45) is 1.14. The lowest BCUT2D eigenvalue weighted by Crippen LogP contribution is -2.10. The van der Waals surface area contributed by atoms with Crippen molar-refractivity contribution in [1.29, 1.82) is 5.26 Å². The van der Waals surface area contributed by atoms with Gasteiger partial charge in [-0.3, -0.25) is 4.68 Å². The summed E-state index contributed by atoms with van der Waals surface area (Å²) >= 11 is 0. The van der Waals surface area contributed by atoms with Gasteiger partial charge in [-0.2, -0.15) is 10.4 Å². The number of pyridine rings is 1. The summed E-state index contributed by atoms with van der Waals surface area (Å²) in [5.74, 6) is -0.437. The van der Waals surface area contributed by atoms with Crippen LogP contribution in [0.3, 0.4) is 0 Å². The highest BCUT2D eigenvalue weighted by Crippen LogP contribution is 2.23. The number of esters is 1. The number of carbonyl (C=O) groups excluding carboxylic acids is 1. The van der Waals surface area contributed by atoms with Gasteiger partial charge in [0, 0.05) is 12.7 Å². The minimum atomic E-state index is -0.467. The van der Waals surface area contributed by atoms with E-state index in [0.29, 0.717) is 22.2 Å². The van der Waals surface area contributed by atoms with Crippen molar-refractivity contribution in [1.82, 2.24) is 14.8 Å². The molecule has 0 saturated carbocycles. The van der Waals surface area contributed by atoms with E-state index in [1.54, 1.807) is 49.1 Å². The topological polar surface area (TPSA) is 80.8 Å². The van der Waals surface area contributed by atoms with Gasteiger partial charge in [-0.15, -0.1) is 0 Å². The molecule has 120 valence electrons. The molecule has 0 aliphatic rings. The summed E-state index contributed by atoms with van der Waals surface area (Å²) < 4.78 is 7.21. The molecule has 6 heteroatoms. The molecular formula is C18H16N4O2. The zero-order chi connectivity index (χ0) is 17.3. The van der Waals surface area contributed by atoms with Crippen LogP contribution in [0.25, 0.3) is 11.0 Å². The third-order valence-electron chi connectivity index (χ3n) is 3.82. The molecule has 0 spiro atoms. The Labute approximate surface area is 139 Å². The van der Waals surface area contributed by atoms with Crippen LogP contribution in [0.1, 0.15) is 40.2 Å². The maximum atomic E-state index is 12.6. The van der Waals surface area contributed by atoms with Crippen molar-refractivity contribution in [3.8, 4) is 6.07 Å². The van der Waals surface area contributed by atoms with Crippen molar-refractivity contribution < 1.29 is 9.53 Å². The molecule has 0 aliphatic carbocycles. The van der Waals surface area contributed by atoms with Crippen LogP contribution in [-0.4, -0.2) is 20.7 Å². The molecule has 0 amide bonds. The number of aromatic nitrogens is 3. The van der Waals surface area contributed by atoms with E-state index >= 15 is 0 Å². The number of ether oxygens (including phenoxy) is 1. The molecule has 2 aromatic heterocycles. The fraction of sp³-hybridized carbons (Fsp3) is 0.222. The quantitative estimate of drug-likeness (QED) is 0.693. The first-order valence-corrected chi connectivity index (χ1v) is 7.50. The van der Waals surface area contributed by atoms with Gasteiger partial charge in [-0.1, -0.05) is 12.1 Å². The zero-order valence-electron chi connectivity index (χ0n) is 13.6. The molecule has 0 radical (unpaired) electrons. The van der Waals surface area contributed by atoms with E-state index in [2.05, 4.69) is 16.2 Å². The Hall–Kier alpha value is -3.20. The largest absolute Gasteiger partial charge is 0.454 e. The first kappa shape index (κ1) is 15.7. The first-order valence-electron chi connectivity index (χ1n) is 7.50. The summed E-state index contributed by atoms with van der Waals surface area (Å²) in [6, 6.07) is 10.8. The number of benzene rings is 1. The Bertz CT molecular complexity index is 969. The minimum absolute atomic E-state index is 0.437. The van der Waals surface area contributed by atoms with E-state index in [9.17, 15) is 4.79 Å². The average Bonchev–Trinajstić information content (AvgIpc) is 2.95. The fourth-order valence-electron chi connectivity index (χ4n) is 2.56. The Morgan fingerprint density at radius 2 is 2.17 bits per heavy atom. The maximum Gasteiger partial charge on any atom is 0.339 e. The van der Waals surface area contributed by atoms with E-state index in [-0.39, 0.29) is 0 Å². The predicted octanol–water partition coefficient (Wildman–Crippen LogP) is 3.07. The number of rotatable bonds is 3. The smallest absolute Gasteiger partial charge is 0.339 e. The normalized spacial score (nSPS) is 11.9. The highest BCUT2D eigenvalue weighted by Gasteiger charge is 2.19. The second kappa shape index (κ2) is 6.13. The van der Waals surface area contributed by atoms with Crippen LogP contribution < -0.4 is 0 Å². The van der Waals surface area contributed by atoms with Gasteiger partial charge in [0.1, 0.15) is 6.10 Å². The van der Waals surface area contributed by atoms with Crippen molar-refractivity contribution in [3.63, 3.8) is 0 Å². The number of fused-ring (bicyclic) bond motifs is 1. The van der Waals surface area contributed by atoms with Crippen molar-refractivity contribution >= 4 is 17.0 Å². The second-order valence-electron chi connectivity index (χ2n) is 5.60. The molecule has 0 bridgehead atoms. The van der Waals surface area contributed by atoms with Gasteiger partial charge < -0.3 is 4.74 Å². The maximum absolute atomic E-state index is 12.6. The third kappa shape index (κ3) is 2.84. The molecule has 1 atom stereocenters. The first-order chi connectivity index (χ1) is 11.5. The molecule has 3 rings (SSSR count). The zero-order valence-corrected chi connectivity index (χ0v) is 13.6. The van der Waals surface area contributed by atoms with Gasteiger partial charge in [-0.05, 0) is 37.6 Å². The van der Waals surface area contributed by atoms with Crippen LogP contribution >= 0.6 is 0 Å². The lowest BCUT2D eigenvalue weighted by molar-refractivity contribution is 0.0340. The van der Waals surface area contributed by atoms with E-state index < -0.39 is 12.1 Å². The van der Waals surface area contributed by atoms with Crippen LogP contribution in [0, 0.1) is 18.3 Å². The average molecular weight is 320 g/mol. The Kier molecular flexibility index (Phi) is 4.00. The van der Waals surface area contributed by atoms with Gasteiger partial charge in [0.15, 0.2) is 5.65 Å². The van der Waals surface area contributed by atoms with Gasteiger partial charge >= 0.3 is 5.97 Å². The van der Waals surface area contributed by atoms with Gasteiger partial charge in [0.25, 0.3) is 0 Å². The minimum Gasteiger partial charge on any atom is -0.454 e. The summed E-state index contributed by atoms with van der Waals surface area (Å²) in [7, 11) is 1.78. The third-order valence-corrected chi connectivity index (χ3v) is 3.82. The molecule has 2 heterocycles. The Morgan fingerprint density at radius 3 is 2.92 bits per heavy atom. The molecule has 1 aromatic carbocycles. The number of aryl methyl sites for hydroxylation is 2. The lowest BCUT2D eigenvalue weighted by Gasteiger charge is -2.14. The number of hydrogen-bond acceptors (Lipinski definition) is 5. The SMILES string of the molecule is Cc1cc(C(=O)O[C@@H](C)c2cccc(C#N)c2)c2cnn(C)c2n1. The molecule has 24 heavy (non-hydrogen) atoms. The van der Waals surface area contributed by atoms with Crippen molar-refractivity contribution in [3.05, 3.63) is 58.9 Å². The molecule has 0 saturated heterocycles. The number of nitriles is 1. The highest BCUT2D eigenvalue weighted by molar-refractivity contribution is 6.02. The Morgan fingerprint density at radius 1 is 1.38 bits per heavy atom. The van der Waals surface area contributed by atoms with Crippen LogP contribution in [0.15, 0.2) is 36.5 Å². The summed E-state index contributed by atoms with van der Waals surface area (Å²) in [6.45, 7) is 3.60. The Balaban J connectivity index is 1.91. The van der Waals surface area contributed by atoms with Gasteiger partial charge in [-0.25, -0.2) is 9.78 Å². The molecule has 3 aromatic rings. The van der Waals surface area contributed by atoms with Crippen molar-refractivity contribution in [2.45, 2.75) is 20.0 Å². The van der Waals surface area contributed by atoms with E-state index in [1.807, 2.05) is 13.0 Å². The summed E-state index contributed by atoms with van der Waals surface area (Å²) in [5, 5.41) is 13.8. The van der Waals surface area contributed by atoms with Crippen molar-refractivity contribution in [2.24, 2.45) is 7.05 Å². The molecule has 6 nitrogen and oxygen atoms in total. The van der Waals surface area contributed by atoms with E-state index in [4.69, 9.17) is 10.00 Å². The van der Waals surface area contributed by atoms with Crippen LogP contribution in [0.2, 0.25) is 0 Å². The standard InChI is InChI=1S/C18H16N4O2/c1-11-7-15(16-10-20-22(3)17(16)21-11)18(23)24-12(2)14-6-4-5-13(8-14)9-19/h4-8,10,12H,1-3H3/t12-/m0/s1. The van der Waals surface area contributed by atoms with Gasteiger partial charge in [0.05, 0.1) is 28.8 Å². The molecule has 0 unspecified atom stereocenters. The number of nitrogens with zero attached hydrogens (tertiary/aromatic N) is 4. The van der Waals surface area contributed by atoms with Gasteiger partial charge in [0.2, 0.25) is 0 Å². The molecule has 0 fully saturated rings. The van der Waals surface area contributed by atoms with Crippen LogP contribution in [-0.2, 0) is 11.8 Å². The summed E-state index contributed by atoms with van der Waals surface area (Å²) in [5.41, 5.74) is 3.10. The number of carbonyl (C=O) groups is 1. The number of hydrogen-bond donors (Lipinski definition) is 0. The highest BCUT2D eigenvalue weighted by atomic mass is 16.5. The molecular weight excluding hydrogens is 304 g/mol. The van der Waals surface area contributed by atoms with Crippen molar-refractivity contribution in [2.75, 3.05) is 0 Å². The van der Waals surface area contributed by atoms with Crippen LogP contribution in [0.5, 0.6) is 0 Å².